The fraction of sp³-hybridized carbons (Fsp3) is 0.636. The number of rotatable bonds is 7. The van der Waals surface area contributed by atoms with Crippen molar-refractivity contribution in [3.05, 3.63) is 12.4 Å². The minimum Gasteiger partial charge on any atom is -0.480 e. The number of hydrogen-bond donors (Lipinski definition) is 2. The van der Waals surface area contributed by atoms with Crippen LogP contribution in [0, 0.1) is 0 Å². The summed E-state index contributed by atoms with van der Waals surface area (Å²) in [4.78, 5) is 12.1. The van der Waals surface area contributed by atoms with Crippen LogP contribution in [0.4, 0.5) is 0 Å². The van der Waals surface area contributed by atoms with Crippen LogP contribution in [0.3, 0.4) is 0 Å². The third-order valence-corrected chi connectivity index (χ3v) is 3.17. The lowest BCUT2D eigenvalue weighted by atomic mass is 10.2. The Morgan fingerprint density at radius 3 is 2.82 bits per heavy atom. The molecule has 1 heterocycles. The van der Waals surface area contributed by atoms with Crippen LogP contribution >= 0.6 is 11.8 Å². The summed E-state index contributed by atoms with van der Waals surface area (Å²) in [5.74, 6) is -0.0203. The number of aliphatic carboxylic acids is 1. The fourth-order valence-corrected chi connectivity index (χ4v) is 2.39. The number of hydrogen-bond acceptors (Lipinski definition) is 4. The van der Waals surface area contributed by atoms with E-state index in [1.54, 1.807) is 22.6 Å². The number of aromatic nitrogens is 2. The van der Waals surface area contributed by atoms with E-state index in [1.807, 2.05) is 27.1 Å². The van der Waals surface area contributed by atoms with Crippen LogP contribution in [0.1, 0.15) is 20.3 Å². The van der Waals surface area contributed by atoms with Gasteiger partial charge in [-0.25, -0.2) is 0 Å². The van der Waals surface area contributed by atoms with Gasteiger partial charge in [-0.05, 0) is 6.42 Å². The molecule has 1 rings (SSSR count). The first-order chi connectivity index (χ1) is 7.99. The normalized spacial score (nSPS) is 12.9. The quantitative estimate of drug-likeness (QED) is 0.722. The molecule has 0 saturated heterocycles. The zero-order chi connectivity index (χ0) is 12.8. The maximum Gasteiger partial charge on any atom is 0.320 e. The van der Waals surface area contributed by atoms with Crippen molar-refractivity contribution in [3.63, 3.8) is 0 Å². The van der Waals surface area contributed by atoms with Gasteiger partial charge in [-0.3, -0.25) is 9.48 Å². The summed E-state index contributed by atoms with van der Waals surface area (Å²) in [6.45, 7) is 3.90. The summed E-state index contributed by atoms with van der Waals surface area (Å²) < 4.78 is 1.74. The van der Waals surface area contributed by atoms with Gasteiger partial charge in [0.25, 0.3) is 0 Å². The summed E-state index contributed by atoms with van der Waals surface area (Å²) in [6, 6.07) is -0.293. The van der Waals surface area contributed by atoms with Gasteiger partial charge in [0, 0.05) is 29.9 Å². The molecule has 0 aliphatic rings. The SMILES string of the molecule is CC(C)NC(CCSc1cnn(C)c1)C(=O)O. The second-order valence-corrected chi connectivity index (χ2v) is 5.37. The van der Waals surface area contributed by atoms with Crippen LogP contribution in [0.25, 0.3) is 0 Å². The van der Waals surface area contributed by atoms with Gasteiger partial charge in [-0.2, -0.15) is 5.10 Å². The van der Waals surface area contributed by atoms with Gasteiger partial charge in [0.2, 0.25) is 0 Å². The van der Waals surface area contributed by atoms with Crippen LogP contribution < -0.4 is 5.32 Å². The fourth-order valence-electron chi connectivity index (χ4n) is 1.45. The molecule has 1 unspecified atom stereocenters. The molecule has 0 aromatic carbocycles. The van der Waals surface area contributed by atoms with E-state index in [1.165, 1.54) is 0 Å². The zero-order valence-corrected chi connectivity index (χ0v) is 11.2. The minimum absolute atomic E-state index is 0.180. The standard InChI is InChI=1S/C11H19N3O2S/c1-8(2)13-10(11(15)16)4-5-17-9-6-12-14(3)7-9/h6-8,10,13H,4-5H2,1-3H3,(H,15,16). The average Bonchev–Trinajstić information content (AvgIpc) is 2.62. The summed E-state index contributed by atoms with van der Waals surface area (Å²) in [7, 11) is 1.87. The van der Waals surface area contributed by atoms with Crippen LogP contribution in [0.2, 0.25) is 0 Å². The highest BCUT2D eigenvalue weighted by Gasteiger charge is 2.17. The van der Waals surface area contributed by atoms with Gasteiger partial charge in [-0.1, -0.05) is 13.8 Å². The summed E-state index contributed by atoms with van der Waals surface area (Å²) in [5.41, 5.74) is 0. The van der Waals surface area contributed by atoms with Gasteiger partial charge in [0.05, 0.1) is 6.20 Å². The number of nitrogens with one attached hydrogen (secondary N) is 1. The molecule has 0 bridgehead atoms. The smallest absolute Gasteiger partial charge is 0.320 e. The van der Waals surface area contributed by atoms with Crippen LogP contribution in [-0.2, 0) is 11.8 Å². The van der Waals surface area contributed by atoms with Crippen molar-refractivity contribution in [1.29, 1.82) is 0 Å². The van der Waals surface area contributed by atoms with E-state index >= 15 is 0 Å². The van der Waals surface area contributed by atoms with E-state index in [0.717, 1.165) is 10.6 Å². The van der Waals surface area contributed by atoms with Gasteiger partial charge in [0.15, 0.2) is 0 Å². The largest absolute Gasteiger partial charge is 0.480 e. The van der Waals surface area contributed by atoms with E-state index in [2.05, 4.69) is 10.4 Å². The Morgan fingerprint density at radius 1 is 1.65 bits per heavy atom. The Bertz CT molecular complexity index is 365. The molecular weight excluding hydrogens is 238 g/mol. The van der Waals surface area contributed by atoms with E-state index in [-0.39, 0.29) is 6.04 Å². The van der Waals surface area contributed by atoms with Crippen molar-refractivity contribution in [2.45, 2.75) is 37.2 Å². The molecule has 0 fully saturated rings. The lowest BCUT2D eigenvalue weighted by Crippen LogP contribution is -2.41. The molecule has 0 amide bonds. The number of carboxylic acids is 1. The molecule has 0 aliphatic carbocycles. The predicted molar refractivity (Wildman–Crippen MR) is 68.2 cm³/mol. The van der Waals surface area contributed by atoms with Crippen molar-refractivity contribution in [3.8, 4) is 0 Å². The maximum atomic E-state index is 11.0. The molecule has 2 N–H and O–H groups in total. The Labute approximate surface area is 106 Å². The van der Waals surface area contributed by atoms with Crippen LogP contribution in [0.5, 0.6) is 0 Å². The zero-order valence-electron chi connectivity index (χ0n) is 10.4. The number of thioether (sulfide) groups is 1. The highest BCUT2D eigenvalue weighted by Crippen LogP contribution is 2.18. The molecule has 0 aliphatic heterocycles. The molecule has 5 nitrogen and oxygen atoms in total. The van der Waals surface area contributed by atoms with E-state index < -0.39 is 12.0 Å². The molecule has 96 valence electrons. The van der Waals surface area contributed by atoms with Crippen molar-refractivity contribution >= 4 is 17.7 Å². The van der Waals surface area contributed by atoms with E-state index in [4.69, 9.17) is 5.11 Å². The summed E-state index contributed by atoms with van der Waals surface area (Å²) in [6.07, 6.45) is 4.32. The second kappa shape index (κ2) is 6.66. The first kappa shape index (κ1) is 14.1. The molecular formula is C11H19N3O2S. The Balaban J connectivity index is 2.34. The van der Waals surface area contributed by atoms with Crippen LogP contribution in [-0.4, -0.2) is 38.7 Å². The van der Waals surface area contributed by atoms with Gasteiger partial charge < -0.3 is 10.4 Å². The van der Waals surface area contributed by atoms with Crippen LogP contribution in [0.15, 0.2) is 17.3 Å². The van der Waals surface area contributed by atoms with E-state index in [0.29, 0.717) is 6.42 Å². The third-order valence-electron chi connectivity index (χ3n) is 2.19. The molecule has 17 heavy (non-hydrogen) atoms. The highest BCUT2D eigenvalue weighted by molar-refractivity contribution is 7.99. The Hall–Kier alpha value is -1.01. The second-order valence-electron chi connectivity index (χ2n) is 4.20. The molecule has 0 saturated carbocycles. The van der Waals surface area contributed by atoms with Crippen molar-refractivity contribution < 1.29 is 9.90 Å². The average molecular weight is 257 g/mol. The summed E-state index contributed by atoms with van der Waals surface area (Å²) >= 11 is 1.63. The molecule has 6 heteroatoms. The minimum atomic E-state index is -0.787. The number of aryl methyl sites for hydroxylation is 1. The maximum absolute atomic E-state index is 11.0. The molecule has 0 spiro atoms. The Morgan fingerprint density at radius 2 is 2.35 bits per heavy atom. The molecule has 1 aromatic rings. The first-order valence-electron chi connectivity index (χ1n) is 5.59. The van der Waals surface area contributed by atoms with E-state index in [9.17, 15) is 4.79 Å². The summed E-state index contributed by atoms with van der Waals surface area (Å²) in [5, 5.41) is 16.1. The third kappa shape index (κ3) is 5.23. The van der Waals surface area contributed by atoms with Crippen molar-refractivity contribution in [2.24, 2.45) is 7.05 Å². The van der Waals surface area contributed by atoms with Crippen molar-refractivity contribution in [2.75, 3.05) is 5.75 Å². The van der Waals surface area contributed by atoms with Gasteiger partial charge in [-0.15, -0.1) is 11.8 Å². The van der Waals surface area contributed by atoms with Gasteiger partial charge in [0.1, 0.15) is 6.04 Å². The lowest BCUT2D eigenvalue weighted by molar-refractivity contribution is -0.139. The Kier molecular flexibility index (Phi) is 5.50. The topological polar surface area (TPSA) is 67.2 Å². The highest BCUT2D eigenvalue weighted by atomic mass is 32.2. The monoisotopic (exact) mass is 257 g/mol. The molecule has 1 aromatic heterocycles. The lowest BCUT2D eigenvalue weighted by Gasteiger charge is -2.16. The van der Waals surface area contributed by atoms with Gasteiger partial charge >= 0.3 is 5.97 Å². The first-order valence-corrected chi connectivity index (χ1v) is 6.58. The number of nitrogens with zero attached hydrogens (tertiary/aromatic N) is 2. The van der Waals surface area contributed by atoms with Crippen molar-refractivity contribution in [1.82, 2.24) is 15.1 Å². The number of carbonyl (C=O) groups is 1. The predicted octanol–water partition coefficient (Wildman–Crippen LogP) is 1.35. The molecule has 0 radical (unpaired) electrons. The molecule has 1 atom stereocenters. The number of carboxylic acid groups (broad SMARTS) is 1.